The van der Waals surface area contributed by atoms with E-state index in [0.29, 0.717) is 10.9 Å². The smallest absolute Gasteiger partial charge is 0.376 e. The Labute approximate surface area is 102 Å². The van der Waals surface area contributed by atoms with Gasteiger partial charge in [0.15, 0.2) is 5.60 Å². The number of benzene rings is 1. The van der Waals surface area contributed by atoms with Crippen molar-refractivity contribution in [3.8, 4) is 0 Å². The Balaban J connectivity index is 2.59. The highest BCUT2D eigenvalue weighted by Gasteiger charge is 2.53. The molecule has 5 heteroatoms. The van der Waals surface area contributed by atoms with Crippen LogP contribution in [0.1, 0.15) is 18.9 Å². The zero-order valence-corrected chi connectivity index (χ0v) is 9.70. The summed E-state index contributed by atoms with van der Waals surface area (Å²) < 4.78 is 38.7. The Bertz CT molecular complexity index is 567. The van der Waals surface area contributed by atoms with Crippen LogP contribution in [0.4, 0.5) is 13.2 Å². The summed E-state index contributed by atoms with van der Waals surface area (Å²) in [5.74, 6) is 0. The van der Waals surface area contributed by atoms with Crippen LogP contribution in [-0.2, 0) is 5.60 Å². The third-order valence-electron chi connectivity index (χ3n) is 3.05. The van der Waals surface area contributed by atoms with Crippen LogP contribution in [0, 0.1) is 0 Å². The van der Waals surface area contributed by atoms with E-state index in [0.717, 1.165) is 6.20 Å². The Morgan fingerprint density at radius 3 is 2.50 bits per heavy atom. The number of aliphatic hydroxyl groups is 1. The molecule has 1 unspecified atom stereocenters. The summed E-state index contributed by atoms with van der Waals surface area (Å²) in [4.78, 5) is 3.95. The third kappa shape index (κ3) is 1.95. The average Bonchev–Trinajstić information content (AvgIpc) is 2.35. The molecular weight excluding hydrogens is 243 g/mol. The second kappa shape index (κ2) is 4.24. The van der Waals surface area contributed by atoms with Crippen molar-refractivity contribution >= 4 is 10.9 Å². The molecule has 0 spiro atoms. The molecule has 18 heavy (non-hydrogen) atoms. The van der Waals surface area contributed by atoms with Gasteiger partial charge >= 0.3 is 6.18 Å². The lowest BCUT2D eigenvalue weighted by Gasteiger charge is -2.29. The van der Waals surface area contributed by atoms with Crippen LogP contribution in [0.25, 0.3) is 10.9 Å². The van der Waals surface area contributed by atoms with E-state index in [1.54, 1.807) is 24.3 Å². The number of alkyl halides is 3. The van der Waals surface area contributed by atoms with Crippen molar-refractivity contribution in [1.82, 2.24) is 4.98 Å². The zero-order chi connectivity index (χ0) is 13.4. The predicted molar refractivity (Wildman–Crippen MR) is 62.0 cm³/mol. The third-order valence-corrected chi connectivity index (χ3v) is 3.05. The topological polar surface area (TPSA) is 33.1 Å². The maximum Gasteiger partial charge on any atom is 0.421 e. The number of pyridine rings is 1. The lowest BCUT2D eigenvalue weighted by atomic mass is 9.91. The quantitative estimate of drug-likeness (QED) is 0.892. The largest absolute Gasteiger partial charge is 0.421 e. The van der Waals surface area contributed by atoms with E-state index in [2.05, 4.69) is 4.98 Å². The Morgan fingerprint density at radius 1 is 1.22 bits per heavy atom. The SMILES string of the molecule is CCC(O)(c1cnc2ccccc2c1)C(F)(F)F. The van der Waals surface area contributed by atoms with E-state index in [-0.39, 0.29) is 5.56 Å². The number of fused-ring (bicyclic) bond motifs is 1. The average molecular weight is 255 g/mol. The molecule has 0 amide bonds. The summed E-state index contributed by atoms with van der Waals surface area (Å²) in [7, 11) is 0. The molecule has 0 aliphatic carbocycles. The Hall–Kier alpha value is -1.62. The fourth-order valence-corrected chi connectivity index (χ4v) is 1.87. The van der Waals surface area contributed by atoms with Crippen LogP contribution in [0.5, 0.6) is 0 Å². The van der Waals surface area contributed by atoms with Crippen molar-refractivity contribution in [2.24, 2.45) is 0 Å². The van der Waals surface area contributed by atoms with Gasteiger partial charge in [0.25, 0.3) is 0 Å². The van der Waals surface area contributed by atoms with Gasteiger partial charge in [-0.25, -0.2) is 0 Å². The minimum Gasteiger partial charge on any atom is -0.376 e. The first-order valence-corrected chi connectivity index (χ1v) is 5.53. The highest BCUT2D eigenvalue weighted by molar-refractivity contribution is 5.78. The van der Waals surface area contributed by atoms with Crippen molar-refractivity contribution in [2.45, 2.75) is 25.1 Å². The highest BCUT2D eigenvalue weighted by Crippen LogP contribution is 2.41. The van der Waals surface area contributed by atoms with Gasteiger partial charge in [-0.05, 0) is 18.6 Å². The molecule has 2 nitrogen and oxygen atoms in total. The summed E-state index contributed by atoms with van der Waals surface area (Å²) in [6.45, 7) is 1.29. The fraction of sp³-hybridized carbons (Fsp3) is 0.308. The number of para-hydroxylation sites is 1. The van der Waals surface area contributed by atoms with Crippen LogP contribution in [0.2, 0.25) is 0 Å². The monoisotopic (exact) mass is 255 g/mol. The standard InChI is InChI=1S/C13H12F3NO/c1-2-12(18,13(14,15)16)10-7-9-5-3-4-6-11(9)17-8-10/h3-8,18H,2H2,1H3. The molecule has 2 aromatic rings. The first-order valence-electron chi connectivity index (χ1n) is 5.53. The molecule has 96 valence electrons. The maximum absolute atomic E-state index is 12.9. The van der Waals surface area contributed by atoms with Crippen molar-refractivity contribution in [3.63, 3.8) is 0 Å². The van der Waals surface area contributed by atoms with Crippen LogP contribution in [0.3, 0.4) is 0 Å². The van der Waals surface area contributed by atoms with E-state index in [4.69, 9.17) is 0 Å². The van der Waals surface area contributed by atoms with Gasteiger partial charge in [0.2, 0.25) is 0 Å². The first-order chi connectivity index (χ1) is 8.38. The van der Waals surface area contributed by atoms with Gasteiger partial charge in [0.1, 0.15) is 0 Å². The minimum atomic E-state index is -4.72. The Morgan fingerprint density at radius 2 is 1.89 bits per heavy atom. The number of hydrogen-bond donors (Lipinski definition) is 1. The zero-order valence-electron chi connectivity index (χ0n) is 9.70. The molecule has 0 bridgehead atoms. The summed E-state index contributed by atoms with van der Waals surface area (Å²) in [6, 6.07) is 8.17. The van der Waals surface area contributed by atoms with Crippen molar-refractivity contribution < 1.29 is 18.3 Å². The number of hydrogen-bond acceptors (Lipinski definition) is 2. The predicted octanol–water partition coefficient (Wildman–Crippen LogP) is 3.39. The lowest BCUT2D eigenvalue weighted by Crippen LogP contribution is -2.41. The summed E-state index contributed by atoms with van der Waals surface area (Å²) in [5.41, 5.74) is -2.47. The Kier molecular flexibility index (Phi) is 3.02. The molecule has 1 atom stereocenters. The van der Waals surface area contributed by atoms with E-state index >= 15 is 0 Å². The molecule has 1 N–H and O–H groups in total. The van der Waals surface area contributed by atoms with Gasteiger partial charge in [-0.1, -0.05) is 25.1 Å². The minimum absolute atomic E-state index is 0.226. The van der Waals surface area contributed by atoms with Crippen LogP contribution in [0.15, 0.2) is 36.5 Å². The molecule has 0 radical (unpaired) electrons. The van der Waals surface area contributed by atoms with E-state index in [9.17, 15) is 18.3 Å². The van der Waals surface area contributed by atoms with Gasteiger partial charge < -0.3 is 5.11 Å². The second-order valence-corrected chi connectivity index (χ2v) is 4.13. The van der Waals surface area contributed by atoms with Crippen molar-refractivity contribution in [2.75, 3.05) is 0 Å². The van der Waals surface area contributed by atoms with E-state index in [1.165, 1.54) is 13.0 Å². The molecule has 0 aliphatic rings. The summed E-state index contributed by atoms with van der Waals surface area (Å²) in [5, 5.41) is 10.4. The van der Waals surface area contributed by atoms with Gasteiger partial charge in [-0.2, -0.15) is 13.2 Å². The molecule has 1 aromatic heterocycles. The molecule has 0 aliphatic heterocycles. The van der Waals surface area contributed by atoms with E-state index in [1.807, 2.05) is 0 Å². The summed E-state index contributed by atoms with van der Waals surface area (Å²) in [6.07, 6.45) is -4.08. The van der Waals surface area contributed by atoms with Gasteiger partial charge in [-0.15, -0.1) is 0 Å². The maximum atomic E-state index is 12.9. The lowest BCUT2D eigenvalue weighted by molar-refractivity contribution is -0.267. The van der Waals surface area contributed by atoms with Gasteiger partial charge in [-0.3, -0.25) is 4.98 Å². The molecule has 0 saturated carbocycles. The first kappa shape index (κ1) is 12.8. The number of rotatable bonds is 2. The number of aromatic nitrogens is 1. The molecule has 0 saturated heterocycles. The van der Waals surface area contributed by atoms with E-state index < -0.39 is 18.2 Å². The van der Waals surface area contributed by atoms with Crippen LogP contribution in [-0.4, -0.2) is 16.3 Å². The summed E-state index contributed by atoms with van der Waals surface area (Å²) >= 11 is 0. The molecule has 1 aromatic carbocycles. The van der Waals surface area contributed by atoms with Crippen LogP contribution >= 0.6 is 0 Å². The number of nitrogens with zero attached hydrogens (tertiary/aromatic N) is 1. The van der Waals surface area contributed by atoms with Crippen molar-refractivity contribution in [1.29, 1.82) is 0 Å². The van der Waals surface area contributed by atoms with Gasteiger partial charge in [0.05, 0.1) is 5.52 Å². The number of halogens is 3. The fourth-order valence-electron chi connectivity index (χ4n) is 1.87. The molecular formula is C13H12F3NO. The highest BCUT2D eigenvalue weighted by atomic mass is 19.4. The van der Waals surface area contributed by atoms with Gasteiger partial charge in [0, 0.05) is 17.1 Å². The second-order valence-electron chi connectivity index (χ2n) is 4.13. The normalized spacial score (nSPS) is 15.6. The van der Waals surface area contributed by atoms with Crippen LogP contribution < -0.4 is 0 Å². The molecule has 0 fully saturated rings. The van der Waals surface area contributed by atoms with Crippen molar-refractivity contribution in [3.05, 3.63) is 42.1 Å². The molecule has 2 rings (SSSR count). The molecule has 1 heterocycles.